The second-order valence-electron chi connectivity index (χ2n) is 4.76. The number of anilines is 1. The first-order valence-corrected chi connectivity index (χ1v) is 7.71. The zero-order valence-electron chi connectivity index (χ0n) is 11.1. The van der Waals surface area contributed by atoms with Crippen LogP contribution in [0.1, 0.15) is 5.56 Å². The first kappa shape index (κ1) is 14.2. The second kappa shape index (κ2) is 5.96. The highest BCUT2D eigenvalue weighted by Crippen LogP contribution is 2.30. The molecule has 0 aromatic heterocycles. The zero-order valence-corrected chi connectivity index (χ0v) is 13.4. The average molecular weight is 363 g/mol. The Balaban J connectivity index is 1.95. The van der Waals surface area contributed by atoms with Gasteiger partial charge in [0.05, 0.1) is 10.7 Å². The average Bonchev–Trinajstić information content (AvgIpc) is 2.49. The summed E-state index contributed by atoms with van der Waals surface area (Å²) in [5.74, 6) is 0.285. The van der Waals surface area contributed by atoms with Gasteiger partial charge < -0.3 is 10.4 Å². The summed E-state index contributed by atoms with van der Waals surface area (Å²) < 4.78 is 0.955. The third-order valence-electron chi connectivity index (χ3n) is 3.40. The molecule has 106 valence electrons. The molecular weight excluding hydrogens is 350 g/mol. The van der Waals surface area contributed by atoms with Gasteiger partial charge in [-0.05, 0) is 35.0 Å². The Kier molecular flexibility index (Phi) is 4.04. The van der Waals surface area contributed by atoms with Crippen LogP contribution in [-0.4, -0.2) is 5.11 Å². The molecule has 3 aromatic rings. The number of rotatable bonds is 3. The molecule has 0 unspecified atom stereocenters. The molecule has 0 fully saturated rings. The smallest absolute Gasteiger partial charge is 0.121 e. The van der Waals surface area contributed by atoms with E-state index in [9.17, 15) is 5.11 Å². The molecule has 0 saturated carbocycles. The topological polar surface area (TPSA) is 32.3 Å². The van der Waals surface area contributed by atoms with Gasteiger partial charge in [-0.15, -0.1) is 0 Å². The van der Waals surface area contributed by atoms with Crippen LogP contribution in [-0.2, 0) is 6.54 Å². The predicted molar refractivity (Wildman–Crippen MR) is 92.1 cm³/mol. The fourth-order valence-corrected chi connectivity index (χ4v) is 2.87. The van der Waals surface area contributed by atoms with Crippen LogP contribution in [0.3, 0.4) is 0 Å². The lowest BCUT2D eigenvalue weighted by Gasteiger charge is -2.12. The number of benzene rings is 3. The number of hydrogen-bond donors (Lipinski definition) is 2. The fraction of sp³-hybridized carbons (Fsp3) is 0.0588. The lowest BCUT2D eigenvalue weighted by atomic mass is 10.0. The zero-order chi connectivity index (χ0) is 14.8. The Morgan fingerprint density at radius 2 is 1.86 bits per heavy atom. The van der Waals surface area contributed by atoms with Crippen LogP contribution in [0, 0.1) is 0 Å². The largest absolute Gasteiger partial charge is 0.508 e. The van der Waals surface area contributed by atoms with Crippen molar-refractivity contribution >= 4 is 44.0 Å². The standard InChI is InChI=1S/C17H13BrClNO/c18-12-6-7-15(19)16(9-12)20-10-14-13-4-2-1-3-11(13)5-8-17(14)21/h1-9,20-21H,10H2. The van der Waals surface area contributed by atoms with Crippen LogP contribution in [0.2, 0.25) is 5.02 Å². The summed E-state index contributed by atoms with van der Waals surface area (Å²) in [5, 5.41) is 16.2. The molecule has 0 radical (unpaired) electrons. The van der Waals surface area contributed by atoms with E-state index >= 15 is 0 Å². The van der Waals surface area contributed by atoms with E-state index in [1.807, 2.05) is 48.5 Å². The minimum Gasteiger partial charge on any atom is -0.508 e. The molecule has 21 heavy (non-hydrogen) atoms. The molecule has 2 N–H and O–H groups in total. The van der Waals surface area contributed by atoms with Gasteiger partial charge in [-0.1, -0.05) is 57.9 Å². The predicted octanol–water partition coefficient (Wildman–Crippen LogP) is 5.57. The minimum absolute atomic E-state index is 0.285. The molecule has 0 saturated heterocycles. The molecule has 4 heteroatoms. The van der Waals surface area contributed by atoms with E-state index in [-0.39, 0.29) is 5.75 Å². The number of nitrogens with one attached hydrogen (secondary N) is 1. The van der Waals surface area contributed by atoms with Crippen LogP contribution in [0.15, 0.2) is 59.1 Å². The van der Waals surface area contributed by atoms with Crippen LogP contribution < -0.4 is 5.32 Å². The maximum atomic E-state index is 10.1. The maximum absolute atomic E-state index is 10.1. The first-order chi connectivity index (χ1) is 10.1. The highest BCUT2D eigenvalue weighted by atomic mass is 79.9. The van der Waals surface area contributed by atoms with E-state index in [2.05, 4.69) is 21.2 Å². The number of phenols is 1. The van der Waals surface area contributed by atoms with E-state index in [0.717, 1.165) is 26.5 Å². The van der Waals surface area contributed by atoms with Gasteiger partial charge in [-0.2, -0.15) is 0 Å². The van der Waals surface area contributed by atoms with Gasteiger partial charge in [-0.3, -0.25) is 0 Å². The Bertz CT molecular complexity index is 804. The van der Waals surface area contributed by atoms with Crippen LogP contribution in [0.25, 0.3) is 10.8 Å². The molecule has 3 aromatic carbocycles. The molecule has 3 rings (SSSR count). The van der Waals surface area contributed by atoms with E-state index < -0.39 is 0 Å². The van der Waals surface area contributed by atoms with E-state index in [0.29, 0.717) is 11.6 Å². The molecule has 0 amide bonds. The quantitative estimate of drug-likeness (QED) is 0.638. The summed E-state index contributed by atoms with van der Waals surface area (Å²) in [4.78, 5) is 0. The first-order valence-electron chi connectivity index (χ1n) is 6.53. The summed E-state index contributed by atoms with van der Waals surface area (Å²) in [7, 11) is 0. The van der Waals surface area contributed by atoms with E-state index in [4.69, 9.17) is 11.6 Å². The fourth-order valence-electron chi connectivity index (χ4n) is 2.33. The highest BCUT2D eigenvalue weighted by molar-refractivity contribution is 9.10. The lowest BCUT2D eigenvalue weighted by Crippen LogP contribution is -2.01. The van der Waals surface area contributed by atoms with Gasteiger partial charge in [0.25, 0.3) is 0 Å². The summed E-state index contributed by atoms with van der Waals surface area (Å²) in [6.45, 7) is 0.503. The molecule has 0 spiro atoms. The summed E-state index contributed by atoms with van der Waals surface area (Å²) in [6.07, 6.45) is 0. The molecule has 0 aliphatic heterocycles. The number of halogens is 2. The molecule has 0 heterocycles. The van der Waals surface area contributed by atoms with Crippen molar-refractivity contribution < 1.29 is 5.11 Å². The van der Waals surface area contributed by atoms with Crippen molar-refractivity contribution in [3.8, 4) is 5.75 Å². The number of hydrogen-bond acceptors (Lipinski definition) is 2. The Hall–Kier alpha value is -1.71. The van der Waals surface area contributed by atoms with E-state index in [1.54, 1.807) is 6.07 Å². The van der Waals surface area contributed by atoms with Gasteiger partial charge in [0.15, 0.2) is 0 Å². The van der Waals surface area contributed by atoms with Gasteiger partial charge in [0, 0.05) is 16.6 Å². The van der Waals surface area contributed by atoms with Crippen molar-refractivity contribution in [2.24, 2.45) is 0 Å². The van der Waals surface area contributed by atoms with E-state index in [1.165, 1.54) is 0 Å². The summed E-state index contributed by atoms with van der Waals surface area (Å²) in [6, 6.07) is 17.3. The monoisotopic (exact) mass is 361 g/mol. The Morgan fingerprint density at radius 3 is 2.71 bits per heavy atom. The normalized spacial score (nSPS) is 10.8. The second-order valence-corrected chi connectivity index (χ2v) is 6.08. The van der Waals surface area contributed by atoms with Crippen molar-refractivity contribution in [3.63, 3.8) is 0 Å². The van der Waals surface area contributed by atoms with Gasteiger partial charge in [-0.25, -0.2) is 0 Å². The van der Waals surface area contributed by atoms with Crippen LogP contribution >= 0.6 is 27.5 Å². The minimum atomic E-state index is 0.285. The van der Waals surface area contributed by atoms with Crippen molar-refractivity contribution in [1.82, 2.24) is 0 Å². The maximum Gasteiger partial charge on any atom is 0.121 e. The van der Waals surface area contributed by atoms with Crippen molar-refractivity contribution in [2.45, 2.75) is 6.54 Å². The SMILES string of the molecule is Oc1ccc2ccccc2c1CNc1cc(Br)ccc1Cl. The molecule has 0 aliphatic carbocycles. The molecule has 0 bridgehead atoms. The molecule has 2 nitrogen and oxygen atoms in total. The van der Waals surface area contributed by atoms with Gasteiger partial charge in [0.1, 0.15) is 5.75 Å². The Labute approximate surface area is 136 Å². The summed E-state index contributed by atoms with van der Waals surface area (Å²) >= 11 is 9.60. The molecular formula is C17H13BrClNO. The lowest BCUT2D eigenvalue weighted by molar-refractivity contribution is 0.470. The third-order valence-corrected chi connectivity index (χ3v) is 4.22. The van der Waals surface area contributed by atoms with Crippen molar-refractivity contribution in [2.75, 3.05) is 5.32 Å². The van der Waals surface area contributed by atoms with Crippen LogP contribution in [0.5, 0.6) is 5.75 Å². The molecule has 0 atom stereocenters. The number of fused-ring (bicyclic) bond motifs is 1. The Morgan fingerprint density at radius 1 is 1.05 bits per heavy atom. The van der Waals surface area contributed by atoms with Crippen molar-refractivity contribution in [3.05, 3.63) is 69.7 Å². The van der Waals surface area contributed by atoms with Crippen LogP contribution in [0.4, 0.5) is 5.69 Å². The van der Waals surface area contributed by atoms with Gasteiger partial charge >= 0.3 is 0 Å². The van der Waals surface area contributed by atoms with Crippen molar-refractivity contribution in [1.29, 1.82) is 0 Å². The third kappa shape index (κ3) is 2.99. The number of aromatic hydroxyl groups is 1. The highest BCUT2D eigenvalue weighted by Gasteiger charge is 2.08. The molecule has 0 aliphatic rings. The summed E-state index contributed by atoms with van der Waals surface area (Å²) in [5.41, 5.74) is 1.70. The van der Waals surface area contributed by atoms with Gasteiger partial charge in [0.2, 0.25) is 0 Å². The number of phenolic OH excluding ortho intramolecular Hbond substituents is 1.